The van der Waals surface area contributed by atoms with E-state index >= 15 is 0 Å². The normalized spacial score (nSPS) is 14.4. The summed E-state index contributed by atoms with van der Waals surface area (Å²) >= 11 is 1.37. The van der Waals surface area contributed by atoms with Crippen molar-refractivity contribution in [1.29, 1.82) is 0 Å². The maximum absolute atomic E-state index is 13.5. The predicted molar refractivity (Wildman–Crippen MR) is 127 cm³/mol. The number of fused-ring (bicyclic) bond motifs is 3. The van der Waals surface area contributed by atoms with Crippen molar-refractivity contribution in [2.24, 2.45) is 0 Å². The fraction of sp³-hybridized carbons (Fsp3) is 0.333. The number of piperidine rings is 1. The number of thioether (sulfide) groups is 1. The molecule has 0 spiro atoms. The van der Waals surface area contributed by atoms with E-state index in [1.165, 1.54) is 18.2 Å². The van der Waals surface area contributed by atoms with Gasteiger partial charge in [0.15, 0.2) is 5.16 Å². The van der Waals surface area contributed by atoms with Crippen molar-refractivity contribution in [1.82, 2.24) is 24.1 Å². The first kappa shape index (κ1) is 20.8. The van der Waals surface area contributed by atoms with Crippen LogP contribution in [0.15, 0.2) is 52.4 Å². The highest BCUT2D eigenvalue weighted by atomic mass is 32.2. The molecule has 1 aliphatic heterocycles. The van der Waals surface area contributed by atoms with E-state index in [1.54, 1.807) is 4.57 Å². The van der Waals surface area contributed by atoms with Gasteiger partial charge in [0, 0.05) is 13.1 Å². The fourth-order valence-corrected chi connectivity index (χ4v) is 5.15. The van der Waals surface area contributed by atoms with Crippen LogP contribution in [0, 0.1) is 13.8 Å². The number of carbonyl (C=O) groups is 1. The summed E-state index contributed by atoms with van der Waals surface area (Å²) in [4.78, 5) is 28.1. The van der Waals surface area contributed by atoms with E-state index in [-0.39, 0.29) is 11.5 Å². The molecular weight excluding hydrogens is 422 g/mol. The Morgan fingerprint density at radius 3 is 2.62 bits per heavy atom. The third-order valence-electron chi connectivity index (χ3n) is 6.03. The van der Waals surface area contributed by atoms with Gasteiger partial charge in [-0.1, -0.05) is 36.0 Å². The Labute approximate surface area is 190 Å². The van der Waals surface area contributed by atoms with Gasteiger partial charge in [0.25, 0.3) is 5.56 Å². The molecule has 0 bridgehead atoms. The van der Waals surface area contributed by atoms with E-state index in [1.807, 2.05) is 65.6 Å². The van der Waals surface area contributed by atoms with Gasteiger partial charge in [-0.15, -0.1) is 10.2 Å². The highest BCUT2D eigenvalue weighted by molar-refractivity contribution is 7.99. The molecule has 1 aliphatic rings. The van der Waals surface area contributed by atoms with Gasteiger partial charge in [-0.3, -0.25) is 14.0 Å². The minimum Gasteiger partial charge on any atom is -0.342 e. The zero-order valence-electron chi connectivity index (χ0n) is 18.2. The zero-order chi connectivity index (χ0) is 22.2. The van der Waals surface area contributed by atoms with Gasteiger partial charge in [0.05, 0.1) is 22.3 Å². The van der Waals surface area contributed by atoms with Gasteiger partial charge < -0.3 is 4.90 Å². The van der Waals surface area contributed by atoms with Crippen molar-refractivity contribution in [2.45, 2.75) is 38.3 Å². The lowest BCUT2D eigenvalue weighted by Crippen LogP contribution is -2.36. The number of hydrogen-bond donors (Lipinski definition) is 0. The van der Waals surface area contributed by atoms with Crippen molar-refractivity contribution >= 4 is 34.3 Å². The average Bonchev–Trinajstić information content (AvgIpc) is 3.24. The van der Waals surface area contributed by atoms with Crippen molar-refractivity contribution in [3.8, 4) is 5.69 Å². The van der Waals surface area contributed by atoms with Gasteiger partial charge in [-0.2, -0.15) is 0 Å². The number of aromatic nitrogens is 4. The molecule has 5 rings (SSSR count). The maximum atomic E-state index is 13.5. The second kappa shape index (κ2) is 8.43. The predicted octanol–water partition coefficient (Wildman–Crippen LogP) is 3.75. The summed E-state index contributed by atoms with van der Waals surface area (Å²) in [6, 6.07) is 13.5. The third-order valence-corrected chi connectivity index (χ3v) is 6.95. The number of benzene rings is 2. The van der Waals surface area contributed by atoms with Crippen LogP contribution >= 0.6 is 11.8 Å². The number of likely N-dealkylation sites (tertiary alicyclic amines) is 1. The number of rotatable bonds is 4. The first-order chi connectivity index (χ1) is 15.5. The highest BCUT2D eigenvalue weighted by Crippen LogP contribution is 2.25. The van der Waals surface area contributed by atoms with Crippen molar-refractivity contribution in [3.05, 3.63) is 63.9 Å². The molecule has 0 N–H and O–H groups in total. The van der Waals surface area contributed by atoms with Crippen LogP contribution in [0.4, 0.5) is 0 Å². The smallest absolute Gasteiger partial charge is 0.267 e. The zero-order valence-corrected chi connectivity index (χ0v) is 19.1. The Bertz CT molecular complexity index is 1380. The lowest BCUT2D eigenvalue weighted by molar-refractivity contribution is -0.129. The summed E-state index contributed by atoms with van der Waals surface area (Å²) in [6.07, 6.45) is 3.32. The molecule has 1 amide bonds. The summed E-state index contributed by atoms with van der Waals surface area (Å²) in [6.45, 7) is 5.64. The molecule has 4 aromatic rings. The molecule has 7 nitrogen and oxygen atoms in total. The van der Waals surface area contributed by atoms with Crippen molar-refractivity contribution < 1.29 is 4.79 Å². The van der Waals surface area contributed by atoms with Crippen LogP contribution in [-0.4, -0.2) is 48.8 Å². The SMILES string of the molecule is Cc1ccc(C)c(-n2c(=O)c3ccccc3n3c(SCC(=O)N4CCCCC4)nnc23)c1. The third kappa shape index (κ3) is 3.58. The molecule has 0 aliphatic carbocycles. The number of amides is 1. The van der Waals surface area contributed by atoms with Gasteiger partial charge in [0.2, 0.25) is 11.7 Å². The molecule has 0 unspecified atom stereocenters. The second-order valence-corrected chi connectivity index (χ2v) is 9.24. The quantitative estimate of drug-likeness (QED) is 0.446. The molecule has 0 radical (unpaired) electrons. The van der Waals surface area contributed by atoms with E-state index in [4.69, 9.17) is 0 Å². The van der Waals surface area contributed by atoms with Gasteiger partial charge in [-0.25, -0.2) is 4.57 Å². The highest BCUT2D eigenvalue weighted by Gasteiger charge is 2.21. The minimum absolute atomic E-state index is 0.124. The molecule has 3 heterocycles. The van der Waals surface area contributed by atoms with Crippen LogP contribution in [0.3, 0.4) is 0 Å². The molecule has 0 saturated carbocycles. The molecule has 2 aromatic heterocycles. The van der Waals surface area contributed by atoms with Gasteiger partial charge in [-0.05, 0) is 62.4 Å². The molecule has 32 heavy (non-hydrogen) atoms. The van der Waals surface area contributed by atoms with Crippen LogP contribution < -0.4 is 5.56 Å². The first-order valence-electron chi connectivity index (χ1n) is 10.9. The number of para-hydroxylation sites is 1. The topological polar surface area (TPSA) is 72.5 Å². The van der Waals surface area contributed by atoms with E-state index in [0.29, 0.717) is 22.1 Å². The number of aryl methyl sites for hydroxylation is 2. The van der Waals surface area contributed by atoms with Crippen molar-refractivity contribution in [3.63, 3.8) is 0 Å². The lowest BCUT2D eigenvalue weighted by Gasteiger charge is -2.26. The second-order valence-electron chi connectivity index (χ2n) is 8.30. The van der Waals surface area contributed by atoms with E-state index in [0.717, 1.165) is 48.3 Å². The molecule has 1 fully saturated rings. The Balaban J connectivity index is 1.64. The van der Waals surface area contributed by atoms with Crippen LogP contribution in [-0.2, 0) is 4.79 Å². The van der Waals surface area contributed by atoms with Crippen molar-refractivity contribution in [2.75, 3.05) is 18.8 Å². The molecule has 164 valence electrons. The summed E-state index contributed by atoms with van der Waals surface area (Å²) < 4.78 is 3.53. The maximum Gasteiger partial charge on any atom is 0.267 e. The number of hydrogen-bond acceptors (Lipinski definition) is 5. The van der Waals surface area contributed by atoms with E-state index in [2.05, 4.69) is 10.2 Å². The number of carbonyl (C=O) groups excluding carboxylic acids is 1. The molecule has 8 heteroatoms. The Hall–Kier alpha value is -3.13. The van der Waals surface area contributed by atoms with Crippen LogP contribution in [0.5, 0.6) is 0 Å². The largest absolute Gasteiger partial charge is 0.342 e. The summed E-state index contributed by atoms with van der Waals surface area (Å²) in [7, 11) is 0. The van der Waals surface area contributed by atoms with Crippen LogP contribution in [0.25, 0.3) is 22.4 Å². The molecular formula is C24H25N5O2S. The Morgan fingerprint density at radius 2 is 1.81 bits per heavy atom. The Morgan fingerprint density at radius 1 is 1.03 bits per heavy atom. The summed E-state index contributed by atoms with van der Waals surface area (Å²) in [5, 5.41) is 9.98. The lowest BCUT2D eigenvalue weighted by atomic mass is 10.1. The molecule has 2 aromatic carbocycles. The number of nitrogens with zero attached hydrogens (tertiary/aromatic N) is 5. The monoisotopic (exact) mass is 447 g/mol. The standard InChI is InChI=1S/C24H25N5O2S/c1-16-10-11-17(2)20(14-16)28-22(31)18-8-4-5-9-19(18)29-23(28)25-26-24(29)32-15-21(30)27-12-6-3-7-13-27/h4-5,8-11,14H,3,6-7,12-13,15H2,1-2H3. The minimum atomic E-state index is -0.129. The van der Waals surface area contributed by atoms with Gasteiger partial charge in [0.1, 0.15) is 0 Å². The Kier molecular flexibility index (Phi) is 5.46. The fourth-order valence-electron chi connectivity index (χ4n) is 4.31. The summed E-state index contributed by atoms with van der Waals surface area (Å²) in [5.74, 6) is 0.881. The average molecular weight is 448 g/mol. The van der Waals surface area contributed by atoms with E-state index < -0.39 is 0 Å². The molecule has 0 atom stereocenters. The van der Waals surface area contributed by atoms with Gasteiger partial charge >= 0.3 is 0 Å². The first-order valence-corrected chi connectivity index (χ1v) is 11.9. The van der Waals surface area contributed by atoms with Crippen LogP contribution in [0.1, 0.15) is 30.4 Å². The van der Waals surface area contributed by atoms with E-state index in [9.17, 15) is 9.59 Å². The van der Waals surface area contributed by atoms with Crippen LogP contribution in [0.2, 0.25) is 0 Å². The molecule has 1 saturated heterocycles. The summed E-state index contributed by atoms with van der Waals surface area (Å²) in [5.41, 5.74) is 3.44.